The number of ether oxygens (including phenoxy) is 2. The maximum atomic E-state index is 12.1. The Kier molecular flexibility index (Phi) is 4.83. The lowest BCUT2D eigenvalue weighted by Gasteiger charge is -2.46. The van der Waals surface area contributed by atoms with Crippen LogP contribution in [0, 0.1) is 17.3 Å². The first kappa shape index (κ1) is 15.5. The van der Waals surface area contributed by atoms with Crippen LogP contribution in [0.2, 0.25) is 0 Å². The van der Waals surface area contributed by atoms with E-state index in [2.05, 4.69) is 26.0 Å². The highest BCUT2D eigenvalue weighted by molar-refractivity contribution is 5.75. The number of rotatable bonds is 4. The van der Waals surface area contributed by atoms with E-state index in [9.17, 15) is 4.79 Å². The number of allylic oxidation sites excluding steroid dienone is 2. The molecule has 0 aromatic rings. The van der Waals surface area contributed by atoms with Crippen LogP contribution in [0.4, 0.5) is 0 Å². The van der Waals surface area contributed by atoms with E-state index in [0.717, 1.165) is 6.42 Å². The Morgan fingerprint density at radius 2 is 2.10 bits per heavy atom. The van der Waals surface area contributed by atoms with Crippen molar-refractivity contribution in [2.45, 2.75) is 33.0 Å². The summed E-state index contributed by atoms with van der Waals surface area (Å²) in [4.78, 5) is 17.1. The smallest absolute Gasteiger partial charge is 0.246 e. The van der Waals surface area contributed by atoms with E-state index >= 15 is 0 Å². The maximum absolute atomic E-state index is 12.1. The van der Waals surface area contributed by atoms with Crippen molar-refractivity contribution in [1.29, 1.82) is 0 Å². The van der Waals surface area contributed by atoms with Gasteiger partial charge in [0.05, 0.1) is 20.3 Å². The lowest BCUT2D eigenvalue weighted by Crippen LogP contribution is -2.47. The van der Waals surface area contributed by atoms with E-state index in [-0.39, 0.29) is 23.5 Å². The lowest BCUT2D eigenvalue weighted by atomic mass is 9.63. The summed E-state index contributed by atoms with van der Waals surface area (Å²) in [6.45, 7) is 5.64. The van der Waals surface area contributed by atoms with E-state index in [1.54, 1.807) is 7.05 Å². The highest BCUT2D eigenvalue weighted by Crippen LogP contribution is 2.48. The fraction of sp³-hybridized carbons (Fsp3) is 0.800. The van der Waals surface area contributed by atoms with Crippen LogP contribution in [0.3, 0.4) is 0 Å². The molecule has 0 bridgehead atoms. The number of amides is 1. The van der Waals surface area contributed by atoms with Gasteiger partial charge in [-0.1, -0.05) is 26.0 Å². The Morgan fingerprint density at radius 3 is 2.70 bits per heavy atom. The number of hydroxylamine groups is 2. The standard InChI is InChI=1S/C15H25NO4/c1-11-6-5-7-12(10-13(17)16(3)18-4)15(11,2)14-19-8-9-20-14/h5,7,11-12,14H,6,8-10H2,1-4H3/t11-,12+,15+/m1/s1. The fourth-order valence-electron chi connectivity index (χ4n) is 3.10. The molecule has 1 fully saturated rings. The molecule has 5 heteroatoms. The molecule has 3 atom stereocenters. The first-order valence-corrected chi connectivity index (χ1v) is 7.20. The topological polar surface area (TPSA) is 48.0 Å². The van der Waals surface area contributed by atoms with Gasteiger partial charge in [0.25, 0.3) is 0 Å². The van der Waals surface area contributed by atoms with Gasteiger partial charge >= 0.3 is 0 Å². The SMILES string of the molecule is CON(C)C(=O)C[C@@H]1C=CC[C@@H](C)[C@]1(C)C1OCCO1. The van der Waals surface area contributed by atoms with Gasteiger partial charge in [-0.05, 0) is 18.3 Å². The molecule has 1 saturated heterocycles. The number of nitrogens with zero attached hydrogens (tertiary/aromatic N) is 1. The third-order valence-electron chi connectivity index (χ3n) is 4.87. The molecule has 2 aliphatic rings. The quantitative estimate of drug-likeness (QED) is 0.585. The molecule has 0 aromatic heterocycles. The molecular formula is C15H25NO4. The summed E-state index contributed by atoms with van der Waals surface area (Å²) in [5, 5.41) is 1.28. The predicted octanol–water partition coefficient (Wildman–Crippen LogP) is 1.99. The molecule has 0 aromatic carbocycles. The second-order valence-electron chi connectivity index (χ2n) is 5.89. The number of carbonyl (C=O) groups is 1. The van der Waals surface area contributed by atoms with Gasteiger partial charge in [0, 0.05) is 18.9 Å². The minimum Gasteiger partial charge on any atom is -0.350 e. The van der Waals surface area contributed by atoms with Gasteiger partial charge in [-0.2, -0.15) is 0 Å². The van der Waals surface area contributed by atoms with Crippen LogP contribution in [-0.2, 0) is 19.1 Å². The molecule has 1 heterocycles. The minimum absolute atomic E-state index is 0.0273. The Balaban J connectivity index is 2.17. The molecule has 0 saturated carbocycles. The molecule has 0 radical (unpaired) electrons. The van der Waals surface area contributed by atoms with Crippen LogP contribution in [-0.4, -0.2) is 44.6 Å². The molecule has 0 spiro atoms. The Hall–Kier alpha value is -0.910. The van der Waals surface area contributed by atoms with Crippen molar-refractivity contribution >= 4 is 5.91 Å². The Bertz CT molecular complexity index is 378. The van der Waals surface area contributed by atoms with Crippen LogP contribution in [0.15, 0.2) is 12.2 Å². The molecule has 1 aliphatic heterocycles. The monoisotopic (exact) mass is 283 g/mol. The van der Waals surface area contributed by atoms with Crippen LogP contribution < -0.4 is 0 Å². The van der Waals surface area contributed by atoms with E-state index in [0.29, 0.717) is 25.6 Å². The molecular weight excluding hydrogens is 258 g/mol. The van der Waals surface area contributed by atoms with E-state index in [1.807, 2.05) is 0 Å². The molecule has 0 N–H and O–H groups in total. The van der Waals surface area contributed by atoms with E-state index in [4.69, 9.17) is 14.3 Å². The van der Waals surface area contributed by atoms with Gasteiger partial charge in [0.2, 0.25) is 5.91 Å². The maximum Gasteiger partial charge on any atom is 0.246 e. The van der Waals surface area contributed by atoms with Crippen molar-refractivity contribution in [3.05, 3.63) is 12.2 Å². The van der Waals surface area contributed by atoms with Gasteiger partial charge in [-0.15, -0.1) is 0 Å². The third kappa shape index (κ3) is 2.75. The normalized spacial score (nSPS) is 34.4. The lowest BCUT2D eigenvalue weighted by molar-refractivity contribution is -0.181. The number of hydrogen-bond acceptors (Lipinski definition) is 4. The minimum atomic E-state index is -0.229. The summed E-state index contributed by atoms with van der Waals surface area (Å²) in [5.74, 6) is 0.473. The molecule has 2 rings (SSSR count). The average Bonchev–Trinajstić information content (AvgIpc) is 2.97. The highest BCUT2D eigenvalue weighted by Gasteiger charge is 2.49. The first-order valence-electron chi connectivity index (χ1n) is 7.20. The summed E-state index contributed by atoms with van der Waals surface area (Å²) in [6, 6.07) is 0. The predicted molar refractivity (Wildman–Crippen MR) is 74.6 cm³/mol. The Morgan fingerprint density at radius 1 is 1.45 bits per heavy atom. The zero-order chi connectivity index (χ0) is 14.8. The summed E-state index contributed by atoms with van der Waals surface area (Å²) in [6.07, 6.45) is 5.46. The van der Waals surface area contributed by atoms with Crippen molar-refractivity contribution in [1.82, 2.24) is 5.06 Å². The van der Waals surface area contributed by atoms with Crippen molar-refractivity contribution in [2.24, 2.45) is 17.3 Å². The summed E-state index contributed by atoms with van der Waals surface area (Å²) < 4.78 is 11.5. The summed E-state index contributed by atoms with van der Waals surface area (Å²) >= 11 is 0. The number of carbonyl (C=O) groups excluding carboxylic acids is 1. The van der Waals surface area contributed by atoms with Crippen molar-refractivity contribution in [3.63, 3.8) is 0 Å². The first-order chi connectivity index (χ1) is 9.50. The second kappa shape index (κ2) is 6.24. The Labute approximate surface area is 120 Å². The van der Waals surface area contributed by atoms with Crippen LogP contribution in [0.25, 0.3) is 0 Å². The molecule has 1 amide bonds. The van der Waals surface area contributed by atoms with Crippen LogP contribution >= 0.6 is 0 Å². The fourth-order valence-corrected chi connectivity index (χ4v) is 3.10. The van der Waals surface area contributed by atoms with Crippen molar-refractivity contribution in [3.8, 4) is 0 Å². The highest BCUT2D eigenvalue weighted by atomic mass is 16.7. The molecule has 0 unspecified atom stereocenters. The summed E-state index contributed by atoms with van der Waals surface area (Å²) in [7, 11) is 3.14. The van der Waals surface area contributed by atoms with Crippen molar-refractivity contribution in [2.75, 3.05) is 27.4 Å². The van der Waals surface area contributed by atoms with E-state index < -0.39 is 0 Å². The zero-order valence-electron chi connectivity index (χ0n) is 12.8. The molecule has 5 nitrogen and oxygen atoms in total. The van der Waals surface area contributed by atoms with Crippen LogP contribution in [0.5, 0.6) is 0 Å². The average molecular weight is 283 g/mol. The summed E-state index contributed by atoms with van der Waals surface area (Å²) in [5.41, 5.74) is -0.185. The van der Waals surface area contributed by atoms with Gasteiger partial charge in [0.1, 0.15) is 0 Å². The van der Waals surface area contributed by atoms with Gasteiger partial charge in [-0.3, -0.25) is 9.63 Å². The van der Waals surface area contributed by atoms with Crippen molar-refractivity contribution < 1.29 is 19.1 Å². The molecule has 1 aliphatic carbocycles. The van der Waals surface area contributed by atoms with E-state index in [1.165, 1.54) is 12.2 Å². The van der Waals surface area contributed by atoms with Gasteiger partial charge < -0.3 is 9.47 Å². The van der Waals surface area contributed by atoms with Gasteiger partial charge in [-0.25, -0.2) is 5.06 Å². The zero-order valence-corrected chi connectivity index (χ0v) is 12.8. The molecule has 20 heavy (non-hydrogen) atoms. The largest absolute Gasteiger partial charge is 0.350 e. The third-order valence-corrected chi connectivity index (χ3v) is 4.87. The van der Waals surface area contributed by atoms with Gasteiger partial charge in [0.15, 0.2) is 6.29 Å². The van der Waals surface area contributed by atoms with Crippen LogP contribution in [0.1, 0.15) is 26.7 Å². The second-order valence-corrected chi connectivity index (χ2v) is 5.89. The number of hydrogen-bond donors (Lipinski definition) is 0. The molecule has 114 valence electrons.